The van der Waals surface area contributed by atoms with E-state index in [9.17, 15) is 9.18 Å². The third-order valence-electron chi connectivity index (χ3n) is 4.90. The summed E-state index contributed by atoms with van der Waals surface area (Å²) < 4.78 is 18.7. The fourth-order valence-corrected chi connectivity index (χ4v) is 3.43. The van der Waals surface area contributed by atoms with Crippen molar-refractivity contribution in [2.75, 3.05) is 52.9 Å². The van der Waals surface area contributed by atoms with E-state index in [4.69, 9.17) is 4.74 Å². The maximum atomic E-state index is 13.8. The van der Waals surface area contributed by atoms with E-state index in [1.165, 1.54) is 7.11 Å². The first-order chi connectivity index (χ1) is 11.7. The largest absolute Gasteiger partial charge is 0.494 e. The number of methoxy groups -OCH3 is 1. The zero-order valence-corrected chi connectivity index (χ0v) is 14.3. The van der Waals surface area contributed by atoms with Crippen molar-refractivity contribution in [3.05, 3.63) is 29.6 Å². The van der Waals surface area contributed by atoms with Gasteiger partial charge in [0.2, 0.25) is 5.91 Å². The van der Waals surface area contributed by atoms with Gasteiger partial charge in [0.1, 0.15) is 0 Å². The average molecular weight is 335 g/mol. The Bertz CT molecular complexity index is 567. The highest BCUT2D eigenvalue weighted by Gasteiger charge is 2.23. The summed E-state index contributed by atoms with van der Waals surface area (Å²) in [5.41, 5.74) is 0.954. The molecule has 0 unspecified atom stereocenters. The first-order valence-corrected chi connectivity index (χ1v) is 8.70. The molecular weight excluding hydrogens is 309 g/mol. The summed E-state index contributed by atoms with van der Waals surface area (Å²) >= 11 is 0. The second kappa shape index (κ2) is 7.94. The van der Waals surface area contributed by atoms with Crippen LogP contribution in [0.5, 0.6) is 5.75 Å². The number of benzene rings is 1. The van der Waals surface area contributed by atoms with Crippen molar-refractivity contribution in [1.29, 1.82) is 0 Å². The Balaban J connectivity index is 1.45. The van der Waals surface area contributed by atoms with Crippen molar-refractivity contribution in [3.63, 3.8) is 0 Å². The number of piperazine rings is 1. The molecule has 3 rings (SSSR count). The predicted octanol–water partition coefficient (Wildman–Crippen LogP) is 1.57. The van der Waals surface area contributed by atoms with Crippen LogP contribution in [0.15, 0.2) is 18.2 Å². The van der Waals surface area contributed by atoms with E-state index < -0.39 is 0 Å². The molecular formula is C18H26FN3O2. The smallest absolute Gasteiger partial charge is 0.236 e. The predicted molar refractivity (Wildman–Crippen MR) is 90.5 cm³/mol. The topological polar surface area (TPSA) is 36.0 Å². The average Bonchev–Trinajstić information content (AvgIpc) is 3.11. The monoisotopic (exact) mass is 335 g/mol. The van der Waals surface area contributed by atoms with E-state index in [-0.39, 0.29) is 17.5 Å². The molecule has 2 heterocycles. The molecule has 0 N–H and O–H groups in total. The Labute approximate surface area is 143 Å². The molecule has 5 nitrogen and oxygen atoms in total. The van der Waals surface area contributed by atoms with Crippen LogP contribution in [-0.4, -0.2) is 73.5 Å². The van der Waals surface area contributed by atoms with Crippen LogP contribution in [0, 0.1) is 5.82 Å². The molecule has 0 radical (unpaired) electrons. The van der Waals surface area contributed by atoms with Crippen molar-refractivity contribution < 1.29 is 13.9 Å². The molecule has 0 spiro atoms. The molecule has 6 heteroatoms. The van der Waals surface area contributed by atoms with Gasteiger partial charge in [0.25, 0.3) is 0 Å². The minimum Gasteiger partial charge on any atom is -0.494 e. The highest BCUT2D eigenvalue weighted by Crippen LogP contribution is 2.19. The molecule has 1 aromatic rings. The van der Waals surface area contributed by atoms with Crippen LogP contribution in [-0.2, 0) is 11.3 Å². The molecule has 2 saturated heterocycles. The van der Waals surface area contributed by atoms with E-state index >= 15 is 0 Å². The molecule has 0 bridgehead atoms. The maximum Gasteiger partial charge on any atom is 0.236 e. The van der Waals surface area contributed by atoms with Crippen LogP contribution in [0.25, 0.3) is 0 Å². The quantitative estimate of drug-likeness (QED) is 0.818. The molecule has 132 valence electrons. The van der Waals surface area contributed by atoms with Gasteiger partial charge in [-0.1, -0.05) is 6.07 Å². The second-order valence-electron chi connectivity index (χ2n) is 6.61. The number of ether oxygens (including phenoxy) is 1. The molecule has 0 aromatic heterocycles. The molecule has 0 saturated carbocycles. The highest BCUT2D eigenvalue weighted by atomic mass is 19.1. The first-order valence-electron chi connectivity index (χ1n) is 8.70. The van der Waals surface area contributed by atoms with Crippen molar-refractivity contribution in [1.82, 2.24) is 14.7 Å². The van der Waals surface area contributed by atoms with Crippen molar-refractivity contribution in [2.24, 2.45) is 0 Å². The molecule has 0 atom stereocenters. The molecule has 24 heavy (non-hydrogen) atoms. The number of likely N-dealkylation sites (tertiary alicyclic amines) is 1. The zero-order chi connectivity index (χ0) is 16.9. The van der Waals surface area contributed by atoms with E-state index in [2.05, 4.69) is 9.80 Å². The van der Waals surface area contributed by atoms with Crippen LogP contribution in [0.1, 0.15) is 18.4 Å². The van der Waals surface area contributed by atoms with Crippen molar-refractivity contribution in [3.8, 4) is 5.75 Å². The summed E-state index contributed by atoms with van der Waals surface area (Å²) in [5.74, 6) is 0.229. The van der Waals surface area contributed by atoms with E-state index in [0.29, 0.717) is 6.54 Å². The van der Waals surface area contributed by atoms with Crippen LogP contribution in [0.3, 0.4) is 0 Å². The Kier molecular flexibility index (Phi) is 5.68. The minimum absolute atomic E-state index is 0.262. The van der Waals surface area contributed by atoms with Gasteiger partial charge < -0.3 is 9.64 Å². The standard InChI is InChI=1S/C18H26FN3O2/c1-24-17-5-4-15(12-16(17)19)13-20-8-10-21(11-9-20)14-18(23)22-6-2-3-7-22/h4-5,12H,2-3,6-11,13-14H2,1H3. The summed E-state index contributed by atoms with van der Waals surface area (Å²) in [5, 5.41) is 0. The van der Waals surface area contributed by atoms with E-state index in [1.807, 2.05) is 11.0 Å². The summed E-state index contributed by atoms with van der Waals surface area (Å²) in [6.07, 6.45) is 2.27. The summed E-state index contributed by atoms with van der Waals surface area (Å²) in [4.78, 5) is 18.7. The van der Waals surface area contributed by atoms with Crippen LogP contribution in [0.4, 0.5) is 4.39 Å². The number of hydrogen-bond donors (Lipinski definition) is 0. The van der Waals surface area contributed by atoms with Gasteiger partial charge in [-0.05, 0) is 30.5 Å². The molecule has 0 aliphatic carbocycles. The summed E-state index contributed by atoms with van der Waals surface area (Å²) in [6, 6.07) is 5.13. The number of nitrogens with zero attached hydrogens (tertiary/aromatic N) is 3. The fraction of sp³-hybridized carbons (Fsp3) is 0.611. The Hall–Kier alpha value is -1.66. The fourth-order valence-electron chi connectivity index (χ4n) is 3.43. The van der Waals surface area contributed by atoms with Gasteiger partial charge in [-0.2, -0.15) is 0 Å². The lowest BCUT2D eigenvalue weighted by Gasteiger charge is -2.35. The number of carbonyl (C=O) groups excluding carboxylic acids is 1. The Morgan fingerprint density at radius 3 is 2.38 bits per heavy atom. The van der Waals surface area contributed by atoms with Gasteiger partial charge in [-0.25, -0.2) is 4.39 Å². The number of hydrogen-bond acceptors (Lipinski definition) is 4. The normalized spacial score (nSPS) is 19.7. The molecule has 2 fully saturated rings. The lowest BCUT2D eigenvalue weighted by molar-refractivity contribution is -0.131. The van der Waals surface area contributed by atoms with E-state index in [0.717, 1.165) is 64.2 Å². The van der Waals surface area contributed by atoms with Gasteiger partial charge in [-0.3, -0.25) is 14.6 Å². The third-order valence-corrected chi connectivity index (χ3v) is 4.90. The number of rotatable bonds is 5. The van der Waals surface area contributed by atoms with Gasteiger partial charge in [0.05, 0.1) is 13.7 Å². The maximum absolute atomic E-state index is 13.8. The zero-order valence-electron chi connectivity index (χ0n) is 14.3. The Morgan fingerprint density at radius 2 is 1.75 bits per heavy atom. The molecule has 1 amide bonds. The molecule has 1 aromatic carbocycles. The van der Waals surface area contributed by atoms with Gasteiger partial charge in [0.15, 0.2) is 11.6 Å². The van der Waals surface area contributed by atoms with Crippen LogP contribution in [0.2, 0.25) is 0 Å². The van der Waals surface area contributed by atoms with Crippen LogP contribution < -0.4 is 4.74 Å². The second-order valence-corrected chi connectivity index (χ2v) is 6.61. The van der Waals surface area contributed by atoms with Gasteiger partial charge in [-0.15, -0.1) is 0 Å². The van der Waals surface area contributed by atoms with Crippen LogP contribution >= 0.6 is 0 Å². The number of amides is 1. The van der Waals surface area contributed by atoms with E-state index in [1.54, 1.807) is 12.1 Å². The summed E-state index contributed by atoms with van der Waals surface area (Å²) in [6.45, 7) is 6.68. The minimum atomic E-state index is -0.315. The molecule has 2 aliphatic rings. The van der Waals surface area contributed by atoms with Crippen molar-refractivity contribution in [2.45, 2.75) is 19.4 Å². The Morgan fingerprint density at radius 1 is 1.08 bits per heavy atom. The SMILES string of the molecule is COc1ccc(CN2CCN(CC(=O)N3CCCC3)CC2)cc1F. The van der Waals surface area contributed by atoms with Crippen molar-refractivity contribution >= 4 is 5.91 Å². The summed E-state index contributed by atoms with van der Waals surface area (Å²) in [7, 11) is 1.47. The number of carbonyl (C=O) groups is 1. The van der Waals surface area contributed by atoms with Gasteiger partial charge in [0, 0.05) is 45.8 Å². The third kappa shape index (κ3) is 4.24. The lowest BCUT2D eigenvalue weighted by atomic mass is 10.2. The van der Waals surface area contributed by atoms with Gasteiger partial charge >= 0.3 is 0 Å². The highest BCUT2D eigenvalue weighted by molar-refractivity contribution is 5.78. The lowest BCUT2D eigenvalue weighted by Crippen LogP contribution is -2.49. The molecule has 2 aliphatic heterocycles. The number of halogens is 1. The first kappa shape index (κ1) is 17.2.